The van der Waals surface area contributed by atoms with Crippen molar-refractivity contribution in [1.29, 1.82) is 5.26 Å². The maximum atomic E-state index is 13.7. The van der Waals surface area contributed by atoms with Gasteiger partial charge in [0.25, 0.3) is 5.56 Å². The summed E-state index contributed by atoms with van der Waals surface area (Å²) in [5, 5.41) is 12.8. The number of amides is 1. The number of carbonyl (C=O) groups is 1. The number of carbonyl (C=O) groups excluding carboxylic acids is 1. The van der Waals surface area contributed by atoms with Crippen LogP contribution in [-0.4, -0.2) is 21.7 Å². The van der Waals surface area contributed by atoms with E-state index in [-0.39, 0.29) is 40.6 Å². The summed E-state index contributed by atoms with van der Waals surface area (Å²) >= 11 is 5.88. The molecular formula is C24H15ClF5N5O3. The number of aromatic nitrogens is 2. The molecule has 196 valence electrons. The average Bonchev–Trinajstić information content (AvgIpc) is 2.84. The molecular weight excluding hydrogens is 537 g/mol. The molecule has 2 aromatic carbocycles. The number of nitriles is 1. The zero-order chi connectivity index (χ0) is 28.0. The van der Waals surface area contributed by atoms with E-state index < -0.39 is 34.8 Å². The molecule has 0 saturated heterocycles. The summed E-state index contributed by atoms with van der Waals surface area (Å²) in [5.74, 6) is -3.75. The van der Waals surface area contributed by atoms with Crippen molar-refractivity contribution in [3.63, 3.8) is 0 Å². The second-order valence-corrected chi connectivity index (χ2v) is 8.04. The fourth-order valence-electron chi connectivity index (χ4n) is 3.16. The van der Waals surface area contributed by atoms with Crippen LogP contribution in [0.4, 0.5) is 22.0 Å². The van der Waals surface area contributed by atoms with Gasteiger partial charge in [0.05, 0.1) is 23.7 Å². The third kappa shape index (κ3) is 6.80. The number of benzene rings is 2. The van der Waals surface area contributed by atoms with Gasteiger partial charge in [0.1, 0.15) is 5.75 Å². The fourth-order valence-corrected chi connectivity index (χ4v) is 3.39. The van der Waals surface area contributed by atoms with Gasteiger partial charge in [0.15, 0.2) is 17.3 Å². The molecule has 0 atom stereocenters. The Balaban J connectivity index is 2.04. The highest BCUT2D eigenvalue weighted by atomic mass is 35.5. The Bertz CT molecular complexity index is 1540. The van der Waals surface area contributed by atoms with E-state index in [0.717, 1.165) is 28.8 Å². The summed E-state index contributed by atoms with van der Waals surface area (Å²) in [6, 6.07) is 8.08. The molecule has 0 spiro atoms. The highest BCUT2D eigenvalue weighted by molar-refractivity contribution is 6.30. The van der Waals surface area contributed by atoms with Crippen LogP contribution in [0.3, 0.4) is 0 Å². The lowest BCUT2D eigenvalue weighted by atomic mass is 10.1. The van der Waals surface area contributed by atoms with E-state index in [1.807, 2.05) is 5.43 Å². The van der Waals surface area contributed by atoms with E-state index in [2.05, 4.69) is 10.1 Å². The molecule has 1 aromatic heterocycles. The molecule has 0 saturated carbocycles. The summed E-state index contributed by atoms with van der Waals surface area (Å²) in [5.41, 5.74) is -0.485. The van der Waals surface area contributed by atoms with Crippen LogP contribution >= 0.6 is 11.6 Å². The smallest absolute Gasteiger partial charge is 0.437 e. The molecule has 0 radical (unpaired) electrons. The predicted molar refractivity (Wildman–Crippen MR) is 126 cm³/mol. The van der Waals surface area contributed by atoms with Crippen LogP contribution in [0.25, 0.3) is 0 Å². The number of halogens is 6. The third-order valence-electron chi connectivity index (χ3n) is 4.74. The maximum absolute atomic E-state index is 13.7. The number of hydrogen-bond acceptors (Lipinski definition) is 6. The van der Waals surface area contributed by atoms with E-state index in [0.29, 0.717) is 11.9 Å². The Morgan fingerprint density at radius 1 is 1.24 bits per heavy atom. The summed E-state index contributed by atoms with van der Waals surface area (Å²) in [6.45, 7) is 1.14. The molecule has 14 heteroatoms. The number of hydrogen-bond donors (Lipinski definition) is 1. The average molecular weight is 552 g/mol. The van der Waals surface area contributed by atoms with E-state index in [4.69, 9.17) is 21.6 Å². The second-order valence-electron chi connectivity index (χ2n) is 7.61. The fraction of sp³-hybridized carbons (Fsp3) is 0.125. The maximum Gasteiger partial charge on any atom is 0.437 e. The number of hydrazone groups is 1. The monoisotopic (exact) mass is 551 g/mol. The predicted octanol–water partition coefficient (Wildman–Crippen LogP) is 4.95. The van der Waals surface area contributed by atoms with Crippen molar-refractivity contribution in [3.05, 3.63) is 98.2 Å². The third-order valence-corrected chi connectivity index (χ3v) is 4.96. The van der Waals surface area contributed by atoms with Crippen LogP contribution < -0.4 is 15.7 Å². The standard InChI is InChI=1S/C24H15ClF5N5O3/c1-13(4-20(34-33-12-36)15-2-3-18(26)19(27)7-15)10-35-11-32-22(24(28,29)30)21(23(35)37)38-17-6-14(9-31)5-16(25)8-17/h2-8,11-12H,10H2,1H3,(H,33,36)/b13-4+,34-20+. The van der Waals surface area contributed by atoms with Crippen LogP contribution in [0.1, 0.15) is 23.7 Å². The SMILES string of the molecule is C/C(=C\C(=N/NC=O)c1ccc(F)c(F)c1)Cn1cnc(C(F)(F)F)c(Oc2cc(Cl)cc(C#N)c2)c1=O. The molecule has 8 nitrogen and oxygen atoms in total. The van der Waals surface area contributed by atoms with Crippen LogP contribution in [0.5, 0.6) is 11.5 Å². The minimum atomic E-state index is -5.05. The molecule has 0 aliphatic carbocycles. The lowest BCUT2D eigenvalue weighted by molar-refractivity contribution is -0.142. The zero-order valence-electron chi connectivity index (χ0n) is 19.2. The summed E-state index contributed by atoms with van der Waals surface area (Å²) in [7, 11) is 0. The molecule has 3 rings (SSSR count). The lowest BCUT2D eigenvalue weighted by Gasteiger charge is -2.15. The first-order chi connectivity index (χ1) is 17.9. The molecule has 38 heavy (non-hydrogen) atoms. The number of nitrogens with zero attached hydrogens (tertiary/aromatic N) is 4. The molecule has 0 fully saturated rings. The Hall–Kier alpha value is -4.57. The van der Waals surface area contributed by atoms with Gasteiger partial charge in [-0.05, 0) is 49.4 Å². The lowest BCUT2D eigenvalue weighted by Crippen LogP contribution is -2.26. The first-order valence-corrected chi connectivity index (χ1v) is 10.8. The first kappa shape index (κ1) is 28.0. The van der Waals surface area contributed by atoms with Crippen molar-refractivity contribution in [2.24, 2.45) is 5.10 Å². The quantitative estimate of drug-likeness (QED) is 0.184. The molecule has 0 aliphatic rings. The van der Waals surface area contributed by atoms with Crippen molar-refractivity contribution in [2.75, 3.05) is 0 Å². The van der Waals surface area contributed by atoms with Gasteiger partial charge in [-0.2, -0.15) is 23.5 Å². The van der Waals surface area contributed by atoms with Crippen LogP contribution in [0.15, 0.2) is 64.3 Å². The van der Waals surface area contributed by atoms with Gasteiger partial charge in [-0.1, -0.05) is 17.2 Å². The highest BCUT2D eigenvalue weighted by Crippen LogP contribution is 2.35. The molecule has 1 N–H and O–H groups in total. The van der Waals surface area contributed by atoms with E-state index in [9.17, 15) is 31.5 Å². The minimum Gasteiger partial charge on any atom is -0.449 e. The minimum absolute atomic E-state index is 0.0106. The van der Waals surface area contributed by atoms with Crippen molar-refractivity contribution < 1.29 is 31.5 Å². The van der Waals surface area contributed by atoms with Crippen molar-refractivity contribution in [1.82, 2.24) is 15.0 Å². The first-order valence-electron chi connectivity index (χ1n) is 10.4. The largest absolute Gasteiger partial charge is 0.449 e. The topological polar surface area (TPSA) is 109 Å². The van der Waals surface area contributed by atoms with Gasteiger partial charge in [-0.3, -0.25) is 14.2 Å². The molecule has 1 heterocycles. The molecule has 0 bridgehead atoms. The van der Waals surface area contributed by atoms with E-state index >= 15 is 0 Å². The molecule has 1 amide bonds. The van der Waals surface area contributed by atoms with Crippen molar-refractivity contribution in [3.8, 4) is 17.6 Å². The van der Waals surface area contributed by atoms with E-state index in [1.54, 1.807) is 6.07 Å². The highest BCUT2D eigenvalue weighted by Gasteiger charge is 2.38. The molecule has 3 aromatic rings. The van der Waals surface area contributed by atoms with Crippen LogP contribution in [0.2, 0.25) is 5.02 Å². The van der Waals surface area contributed by atoms with Gasteiger partial charge < -0.3 is 4.74 Å². The summed E-state index contributed by atoms with van der Waals surface area (Å²) in [4.78, 5) is 27.0. The van der Waals surface area contributed by atoms with Gasteiger partial charge >= 0.3 is 6.18 Å². The van der Waals surface area contributed by atoms with Gasteiger partial charge in [-0.25, -0.2) is 19.2 Å². The van der Waals surface area contributed by atoms with Crippen LogP contribution in [-0.2, 0) is 17.5 Å². The number of nitrogens with one attached hydrogen (secondary N) is 1. The van der Waals surface area contributed by atoms with Gasteiger partial charge in [-0.15, -0.1) is 0 Å². The number of ether oxygens (including phenoxy) is 1. The van der Waals surface area contributed by atoms with E-state index in [1.165, 1.54) is 25.1 Å². The normalized spacial score (nSPS) is 12.2. The van der Waals surface area contributed by atoms with Crippen molar-refractivity contribution in [2.45, 2.75) is 19.6 Å². The zero-order valence-corrected chi connectivity index (χ0v) is 19.9. The number of allylic oxidation sites excluding steroid dienone is 2. The number of rotatable bonds is 8. The van der Waals surface area contributed by atoms with Gasteiger partial charge in [0, 0.05) is 17.1 Å². The molecule has 0 unspecified atom stereocenters. The Kier molecular flexibility index (Phi) is 8.59. The van der Waals surface area contributed by atoms with Crippen LogP contribution in [0, 0.1) is 23.0 Å². The Morgan fingerprint density at radius 2 is 1.97 bits per heavy atom. The Labute approximate surface area is 216 Å². The summed E-state index contributed by atoms with van der Waals surface area (Å²) < 4.78 is 73.9. The number of alkyl halides is 3. The van der Waals surface area contributed by atoms with Gasteiger partial charge in [0.2, 0.25) is 12.2 Å². The molecule has 0 aliphatic heterocycles. The van der Waals surface area contributed by atoms with Crippen molar-refractivity contribution >= 4 is 23.7 Å². The Morgan fingerprint density at radius 3 is 2.61 bits per heavy atom. The second kappa shape index (κ2) is 11.7. The summed E-state index contributed by atoms with van der Waals surface area (Å²) in [6.07, 6.45) is -2.87.